The monoisotopic (exact) mass is 472 g/mol. The van der Waals surface area contributed by atoms with Gasteiger partial charge in [0.05, 0.1) is 11.4 Å². The van der Waals surface area contributed by atoms with E-state index in [1.54, 1.807) is 6.07 Å². The predicted octanol–water partition coefficient (Wildman–Crippen LogP) is 3.48. The lowest BCUT2D eigenvalue weighted by molar-refractivity contribution is -0.139. The highest BCUT2D eigenvalue weighted by molar-refractivity contribution is 7.89. The van der Waals surface area contributed by atoms with E-state index in [4.69, 9.17) is 4.42 Å². The van der Waals surface area contributed by atoms with Crippen LogP contribution in [0.25, 0.3) is 21.9 Å². The molecule has 2 aromatic heterocycles. The standard InChI is InChI=1S/C22H20N2O6S2/c25-21(23-13-14-4-3-11-31-14)10-8-18(22(26)27)24-32(28,29)15-7-9-20-17(12-15)16-5-1-2-6-19(16)30-20/h1-7,9,11-12,18,24H,8,10,13H2,(H,23,25)(H,26,27). The highest BCUT2D eigenvalue weighted by Gasteiger charge is 2.26. The summed E-state index contributed by atoms with van der Waals surface area (Å²) in [5.74, 6) is -1.70. The van der Waals surface area contributed by atoms with Crippen molar-refractivity contribution in [1.82, 2.24) is 10.0 Å². The van der Waals surface area contributed by atoms with Crippen molar-refractivity contribution in [2.75, 3.05) is 0 Å². The summed E-state index contributed by atoms with van der Waals surface area (Å²) in [6.45, 7) is 0.346. The summed E-state index contributed by atoms with van der Waals surface area (Å²) in [6, 6.07) is 13.9. The summed E-state index contributed by atoms with van der Waals surface area (Å²) < 4.78 is 33.6. The highest BCUT2D eigenvalue weighted by Crippen LogP contribution is 2.30. The van der Waals surface area contributed by atoms with Gasteiger partial charge in [0.1, 0.15) is 17.2 Å². The number of furan rings is 1. The van der Waals surface area contributed by atoms with Gasteiger partial charge in [-0.15, -0.1) is 11.3 Å². The maximum Gasteiger partial charge on any atom is 0.321 e. The fraction of sp³-hybridized carbons (Fsp3) is 0.182. The van der Waals surface area contributed by atoms with Gasteiger partial charge in [-0.05, 0) is 42.1 Å². The molecule has 0 radical (unpaired) electrons. The summed E-state index contributed by atoms with van der Waals surface area (Å²) >= 11 is 1.49. The van der Waals surface area contributed by atoms with Gasteiger partial charge in [-0.3, -0.25) is 9.59 Å². The van der Waals surface area contributed by atoms with Crippen LogP contribution >= 0.6 is 11.3 Å². The van der Waals surface area contributed by atoms with Gasteiger partial charge >= 0.3 is 5.97 Å². The van der Waals surface area contributed by atoms with Gasteiger partial charge < -0.3 is 14.8 Å². The number of nitrogens with one attached hydrogen (secondary N) is 2. The third kappa shape index (κ3) is 4.82. The van der Waals surface area contributed by atoms with Gasteiger partial charge in [0.25, 0.3) is 0 Å². The molecule has 1 atom stereocenters. The average Bonchev–Trinajstić information content (AvgIpc) is 3.42. The fourth-order valence-electron chi connectivity index (χ4n) is 3.32. The molecule has 0 aliphatic carbocycles. The van der Waals surface area contributed by atoms with Crippen LogP contribution in [0, 0.1) is 0 Å². The quantitative estimate of drug-likeness (QED) is 0.342. The Balaban J connectivity index is 1.46. The van der Waals surface area contributed by atoms with Crippen molar-refractivity contribution in [2.24, 2.45) is 0 Å². The maximum absolute atomic E-state index is 12.9. The van der Waals surface area contributed by atoms with Crippen LogP contribution in [0.2, 0.25) is 0 Å². The van der Waals surface area contributed by atoms with Gasteiger partial charge in [0, 0.05) is 22.1 Å². The largest absolute Gasteiger partial charge is 0.480 e. The van der Waals surface area contributed by atoms with Crippen LogP contribution in [0.1, 0.15) is 17.7 Å². The Kier molecular flexibility index (Phi) is 6.26. The molecule has 0 aliphatic rings. The lowest BCUT2D eigenvalue weighted by atomic mass is 10.1. The van der Waals surface area contributed by atoms with Crippen molar-refractivity contribution in [3.8, 4) is 0 Å². The smallest absolute Gasteiger partial charge is 0.321 e. The molecule has 0 spiro atoms. The van der Waals surface area contributed by atoms with E-state index < -0.39 is 22.0 Å². The molecule has 0 saturated carbocycles. The van der Waals surface area contributed by atoms with E-state index in [-0.39, 0.29) is 23.6 Å². The second kappa shape index (κ2) is 9.11. The first kappa shape index (κ1) is 22.0. The number of hydrogen-bond acceptors (Lipinski definition) is 6. The molecule has 0 saturated heterocycles. The first-order valence-corrected chi connectivity index (χ1v) is 12.2. The summed E-state index contributed by atoms with van der Waals surface area (Å²) in [7, 11) is -4.14. The number of amides is 1. The minimum absolute atomic E-state index is 0.0788. The number of thiophene rings is 1. The minimum atomic E-state index is -4.14. The number of benzene rings is 2. The molecule has 4 rings (SSSR count). The zero-order valence-corrected chi connectivity index (χ0v) is 18.4. The first-order chi connectivity index (χ1) is 15.3. The molecule has 0 bridgehead atoms. The number of sulfonamides is 1. The molecule has 1 amide bonds. The van der Waals surface area contributed by atoms with E-state index in [0.29, 0.717) is 23.1 Å². The topological polar surface area (TPSA) is 126 Å². The van der Waals surface area contributed by atoms with Crippen molar-refractivity contribution >= 4 is 55.2 Å². The number of carbonyl (C=O) groups excluding carboxylic acids is 1. The second-order valence-corrected chi connectivity index (χ2v) is 9.91. The number of carboxylic acid groups (broad SMARTS) is 1. The Morgan fingerprint density at radius 2 is 1.81 bits per heavy atom. The molecule has 166 valence electrons. The maximum atomic E-state index is 12.9. The van der Waals surface area contributed by atoms with Crippen LogP contribution in [-0.4, -0.2) is 31.4 Å². The van der Waals surface area contributed by atoms with Gasteiger partial charge in [-0.25, -0.2) is 8.42 Å². The Morgan fingerprint density at radius 3 is 2.56 bits per heavy atom. The van der Waals surface area contributed by atoms with Gasteiger partial charge in [0.2, 0.25) is 15.9 Å². The van der Waals surface area contributed by atoms with Gasteiger partial charge in [-0.2, -0.15) is 4.72 Å². The second-order valence-electron chi connectivity index (χ2n) is 7.16. The van der Waals surface area contributed by atoms with Crippen molar-refractivity contribution < 1.29 is 27.5 Å². The number of fused-ring (bicyclic) bond motifs is 3. The van der Waals surface area contributed by atoms with Crippen LogP contribution in [0.15, 0.2) is 69.3 Å². The number of carboxylic acids is 1. The van der Waals surface area contributed by atoms with E-state index in [0.717, 1.165) is 10.3 Å². The fourth-order valence-corrected chi connectivity index (χ4v) is 5.22. The normalized spacial score (nSPS) is 12.8. The van der Waals surface area contributed by atoms with Gasteiger partial charge in [0.15, 0.2) is 0 Å². The Hall–Kier alpha value is -3.21. The molecule has 10 heteroatoms. The lowest BCUT2D eigenvalue weighted by Crippen LogP contribution is -2.41. The van der Waals surface area contributed by atoms with Gasteiger partial charge in [-0.1, -0.05) is 24.3 Å². The number of carbonyl (C=O) groups is 2. The SMILES string of the molecule is O=C(CCC(NS(=O)(=O)c1ccc2oc3ccccc3c2c1)C(=O)O)NCc1cccs1. The number of rotatable bonds is 9. The van der Waals surface area contributed by atoms with Crippen LogP contribution in [0.5, 0.6) is 0 Å². The van der Waals surface area contributed by atoms with E-state index in [2.05, 4.69) is 10.0 Å². The van der Waals surface area contributed by atoms with Crippen LogP contribution in [0.4, 0.5) is 0 Å². The lowest BCUT2D eigenvalue weighted by Gasteiger charge is -2.15. The zero-order chi connectivity index (χ0) is 22.7. The molecule has 2 aromatic carbocycles. The van der Waals surface area contributed by atoms with Crippen molar-refractivity contribution in [1.29, 1.82) is 0 Å². The summed E-state index contributed by atoms with van der Waals surface area (Å²) in [4.78, 5) is 24.6. The van der Waals surface area contributed by atoms with E-state index >= 15 is 0 Å². The molecule has 32 heavy (non-hydrogen) atoms. The summed E-state index contributed by atoms with van der Waals surface area (Å²) in [6.07, 6.45) is -0.308. The first-order valence-electron chi connectivity index (χ1n) is 9.79. The average molecular weight is 473 g/mol. The van der Waals surface area contributed by atoms with Crippen molar-refractivity contribution in [3.05, 3.63) is 64.9 Å². The predicted molar refractivity (Wildman–Crippen MR) is 121 cm³/mol. The molecule has 3 N–H and O–H groups in total. The van der Waals surface area contributed by atoms with Crippen LogP contribution in [-0.2, 0) is 26.2 Å². The summed E-state index contributed by atoms with van der Waals surface area (Å²) in [5.41, 5.74) is 1.16. The van der Waals surface area contributed by atoms with Crippen LogP contribution < -0.4 is 10.0 Å². The number of hydrogen-bond donors (Lipinski definition) is 3. The molecule has 0 aliphatic heterocycles. The number of para-hydroxylation sites is 1. The minimum Gasteiger partial charge on any atom is -0.480 e. The molecular formula is C22H20N2O6S2. The third-order valence-corrected chi connectivity index (χ3v) is 7.30. The molecule has 1 unspecified atom stereocenters. The van der Waals surface area contributed by atoms with E-state index in [1.807, 2.05) is 35.7 Å². The van der Waals surface area contributed by atoms with E-state index in [9.17, 15) is 23.1 Å². The Morgan fingerprint density at radius 1 is 1.03 bits per heavy atom. The van der Waals surface area contributed by atoms with Crippen molar-refractivity contribution in [2.45, 2.75) is 30.3 Å². The summed E-state index contributed by atoms with van der Waals surface area (Å²) in [5, 5.41) is 15.4. The Bertz CT molecular complexity index is 1380. The number of aliphatic carboxylic acids is 1. The molecule has 8 nitrogen and oxygen atoms in total. The molecule has 0 fully saturated rings. The van der Waals surface area contributed by atoms with Crippen LogP contribution in [0.3, 0.4) is 0 Å². The highest BCUT2D eigenvalue weighted by atomic mass is 32.2. The molecule has 2 heterocycles. The Labute approximate surface area is 187 Å². The zero-order valence-electron chi connectivity index (χ0n) is 16.8. The van der Waals surface area contributed by atoms with E-state index in [1.165, 1.54) is 29.5 Å². The third-order valence-electron chi connectivity index (χ3n) is 4.95. The van der Waals surface area contributed by atoms with Crippen molar-refractivity contribution in [3.63, 3.8) is 0 Å². The molecular weight excluding hydrogens is 452 g/mol. The molecule has 4 aromatic rings.